The minimum Gasteiger partial charge on any atom is -0.341 e. The Hall–Kier alpha value is -3.99. The predicted molar refractivity (Wildman–Crippen MR) is 135 cm³/mol. The van der Waals surface area contributed by atoms with Crippen LogP contribution in [-0.4, -0.2) is 26.1 Å². The largest absolute Gasteiger partial charge is 0.341 e. The fourth-order valence-corrected chi connectivity index (χ4v) is 5.58. The highest BCUT2D eigenvalue weighted by atomic mass is 19.1. The lowest BCUT2D eigenvalue weighted by molar-refractivity contribution is -0.119. The van der Waals surface area contributed by atoms with E-state index in [-0.39, 0.29) is 22.9 Å². The van der Waals surface area contributed by atoms with Crippen molar-refractivity contribution in [3.05, 3.63) is 65.0 Å². The lowest BCUT2D eigenvalue weighted by Gasteiger charge is -2.25. The van der Waals surface area contributed by atoms with E-state index in [2.05, 4.69) is 25.5 Å². The second-order valence-electron chi connectivity index (χ2n) is 10.2. The molecule has 1 atom stereocenters. The first-order valence-corrected chi connectivity index (χ1v) is 12.5. The van der Waals surface area contributed by atoms with Crippen LogP contribution in [-0.2, 0) is 4.79 Å². The summed E-state index contributed by atoms with van der Waals surface area (Å²) in [7, 11) is 0. The fourth-order valence-electron chi connectivity index (χ4n) is 5.58. The molecule has 2 aliphatic rings. The van der Waals surface area contributed by atoms with Gasteiger partial charge in [-0.05, 0) is 87.1 Å². The van der Waals surface area contributed by atoms with Crippen LogP contribution < -0.4 is 5.32 Å². The Morgan fingerprint density at radius 3 is 2.39 bits per heavy atom. The molecule has 0 saturated heterocycles. The van der Waals surface area contributed by atoms with E-state index in [1.165, 1.54) is 6.07 Å². The van der Waals surface area contributed by atoms with Gasteiger partial charge in [0.05, 0.1) is 22.7 Å². The van der Waals surface area contributed by atoms with Crippen molar-refractivity contribution in [2.24, 2.45) is 17.8 Å². The Kier molecular flexibility index (Phi) is 5.36. The van der Waals surface area contributed by atoms with E-state index < -0.39 is 11.7 Å². The smallest absolute Gasteiger partial charge is 0.235 e. The summed E-state index contributed by atoms with van der Waals surface area (Å²) >= 11 is 0. The molecule has 2 aromatic carbocycles. The van der Waals surface area contributed by atoms with E-state index in [9.17, 15) is 14.4 Å². The third kappa shape index (κ3) is 3.95. The van der Waals surface area contributed by atoms with Crippen molar-refractivity contribution in [3.63, 3.8) is 0 Å². The van der Waals surface area contributed by atoms with E-state index in [0.717, 1.165) is 48.2 Å². The van der Waals surface area contributed by atoms with Crippen LogP contribution in [0.1, 0.15) is 54.4 Å². The van der Waals surface area contributed by atoms with E-state index in [4.69, 9.17) is 0 Å². The number of amides is 1. The number of hydrogen-bond acceptors (Lipinski definition) is 4. The molecule has 2 heterocycles. The number of H-pyrrole nitrogens is 2. The molecule has 1 amide bonds. The maximum Gasteiger partial charge on any atom is 0.235 e. The van der Waals surface area contributed by atoms with Crippen LogP contribution in [0.4, 0.5) is 10.1 Å². The number of nitrogens with one attached hydrogen (secondary N) is 3. The number of rotatable bonds is 7. The summed E-state index contributed by atoms with van der Waals surface area (Å²) in [4.78, 5) is 21.5. The number of aryl methyl sites for hydroxylation is 2. The molecule has 8 heteroatoms. The van der Waals surface area contributed by atoms with Crippen LogP contribution in [0.2, 0.25) is 0 Å². The summed E-state index contributed by atoms with van der Waals surface area (Å²) in [5.41, 5.74) is 5.29. The van der Waals surface area contributed by atoms with E-state index >= 15 is 0 Å². The molecule has 2 aliphatic carbocycles. The van der Waals surface area contributed by atoms with Gasteiger partial charge in [-0.2, -0.15) is 10.4 Å². The van der Waals surface area contributed by atoms with Crippen molar-refractivity contribution in [2.75, 3.05) is 5.32 Å². The predicted octanol–water partition coefficient (Wildman–Crippen LogP) is 5.74. The first-order valence-electron chi connectivity index (χ1n) is 12.5. The van der Waals surface area contributed by atoms with Gasteiger partial charge in [0, 0.05) is 16.9 Å². The number of aromatic nitrogens is 4. The number of carbonyl (C=O) groups is 1. The monoisotopic (exact) mass is 482 g/mol. The van der Waals surface area contributed by atoms with E-state index in [0.29, 0.717) is 28.9 Å². The molecule has 36 heavy (non-hydrogen) atoms. The lowest BCUT2D eigenvalue weighted by Crippen LogP contribution is -2.31. The summed E-state index contributed by atoms with van der Waals surface area (Å²) in [6.07, 6.45) is 4.43. The number of benzene rings is 2. The van der Waals surface area contributed by atoms with Gasteiger partial charge in [0.2, 0.25) is 5.91 Å². The molecule has 0 aliphatic heterocycles. The highest BCUT2D eigenvalue weighted by Crippen LogP contribution is 2.54. The normalized spacial score (nSPS) is 16.3. The number of imidazole rings is 1. The van der Waals surface area contributed by atoms with Gasteiger partial charge in [0.25, 0.3) is 0 Å². The molecule has 6 rings (SSSR count). The van der Waals surface area contributed by atoms with Gasteiger partial charge in [0.1, 0.15) is 17.4 Å². The quantitative estimate of drug-likeness (QED) is 0.312. The molecule has 0 radical (unpaired) electrons. The zero-order chi connectivity index (χ0) is 25.0. The number of nitriles is 1. The zero-order valence-corrected chi connectivity index (χ0v) is 20.2. The van der Waals surface area contributed by atoms with Gasteiger partial charge in [-0.15, -0.1) is 0 Å². The summed E-state index contributed by atoms with van der Waals surface area (Å²) < 4.78 is 14.8. The third-order valence-corrected chi connectivity index (χ3v) is 7.60. The summed E-state index contributed by atoms with van der Waals surface area (Å²) in [6, 6.07) is 12.7. The second kappa shape index (κ2) is 8.59. The van der Waals surface area contributed by atoms with Crippen molar-refractivity contribution >= 4 is 22.6 Å². The molecule has 3 N–H and O–H groups in total. The Balaban J connectivity index is 1.33. The summed E-state index contributed by atoms with van der Waals surface area (Å²) in [6.45, 7) is 3.95. The maximum atomic E-state index is 14.8. The molecule has 2 aromatic heterocycles. The molecule has 0 spiro atoms. The van der Waals surface area contributed by atoms with Crippen molar-refractivity contribution in [1.82, 2.24) is 20.2 Å². The minimum atomic E-state index is -0.647. The van der Waals surface area contributed by atoms with Crippen molar-refractivity contribution < 1.29 is 9.18 Å². The van der Waals surface area contributed by atoms with E-state index in [1.807, 2.05) is 44.2 Å². The third-order valence-electron chi connectivity index (χ3n) is 7.60. The van der Waals surface area contributed by atoms with Crippen molar-refractivity contribution in [3.8, 4) is 17.2 Å². The molecule has 2 saturated carbocycles. The van der Waals surface area contributed by atoms with Crippen LogP contribution in [0.5, 0.6) is 0 Å². The number of hydrogen-bond donors (Lipinski definition) is 3. The first-order chi connectivity index (χ1) is 17.4. The molecule has 0 bridgehead atoms. The number of halogens is 1. The second-order valence-corrected chi connectivity index (χ2v) is 10.2. The molecule has 2 fully saturated rings. The van der Waals surface area contributed by atoms with Crippen molar-refractivity contribution in [2.45, 2.75) is 45.4 Å². The summed E-state index contributed by atoms with van der Waals surface area (Å²) in [5, 5.41) is 19.6. The Morgan fingerprint density at radius 2 is 1.81 bits per heavy atom. The maximum absolute atomic E-state index is 14.8. The van der Waals surface area contributed by atoms with Gasteiger partial charge < -0.3 is 10.3 Å². The highest BCUT2D eigenvalue weighted by Gasteiger charge is 2.49. The van der Waals surface area contributed by atoms with Crippen LogP contribution >= 0.6 is 0 Å². The molecule has 182 valence electrons. The fraction of sp³-hybridized carbons (Fsp3) is 0.357. The minimum absolute atomic E-state index is 0.0503. The molecule has 1 unspecified atom stereocenters. The summed E-state index contributed by atoms with van der Waals surface area (Å²) in [5.74, 6) is 0.306. The number of anilines is 1. The lowest BCUT2D eigenvalue weighted by atomic mass is 9.82. The molecular formula is C28H27FN6O. The standard InChI is InChI=1S/C28H27FN6O/c1-14-22(15(2)35-34-14)16-7-10-20(11-8-16)31-28(36)24(23(17-3-4-17)18-5-6-18)27-32-21-12-9-19(13-30)25(29)26(21)33-27/h7-12,17-18,23-24H,3-6H2,1-2H3,(H,31,36)(H,32,33)(H,34,35). The van der Waals surface area contributed by atoms with Gasteiger partial charge in [-0.25, -0.2) is 9.37 Å². The SMILES string of the molecule is Cc1n[nH]c(C)c1-c1ccc(NC(=O)C(c2nc3c(F)c(C#N)ccc3[nH]2)C(C2CC2)C2CC2)cc1. The van der Waals surface area contributed by atoms with Crippen LogP contribution in [0.3, 0.4) is 0 Å². The molecular weight excluding hydrogens is 455 g/mol. The van der Waals surface area contributed by atoms with Crippen LogP contribution in [0.25, 0.3) is 22.2 Å². The Bertz CT molecular complexity index is 1470. The number of fused-ring (bicyclic) bond motifs is 1. The van der Waals surface area contributed by atoms with Gasteiger partial charge in [-0.1, -0.05) is 12.1 Å². The number of carbonyl (C=O) groups excluding carboxylic acids is 1. The van der Waals surface area contributed by atoms with Gasteiger partial charge in [-0.3, -0.25) is 9.89 Å². The Morgan fingerprint density at radius 1 is 1.11 bits per heavy atom. The molecule has 4 aromatic rings. The number of nitrogens with zero attached hydrogens (tertiary/aromatic N) is 3. The average molecular weight is 483 g/mol. The number of aromatic amines is 2. The topological polar surface area (TPSA) is 110 Å². The van der Waals surface area contributed by atoms with Crippen LogP contribution in [0.15, 0.2) is 36.4 Å². The van der Waals surface area contributed by atoms with Gasteiger partial charge in [0.15, 0.2) is 5.82 Å². The first kappa shape index (κ1) is 22.5. The zero-order valence-electron chi connectivity index (χ0n) is 20.2. The molecule has 7 nitrogen and oxygen atoms in total. The highest BCUT2D eigenvalue weighted by molar-refractivity contribution is 5.96. The van der Waals surface area contributed by atoms with Crippen LogP contribution in [0, 0.1) is 48.7 Å². The Labute approximate surface area is 208 Å². The van der Waals surface area contributed by atoms with Crippen molar-refractivity contribution in [1.29, 1.82) is 5.26 Å². The average Bonchev–Trinajstić information content (AvgIpc) is 3.80. The van der Waals surface area contributed by atoms with E-state index in [1.54, 1.807) is 6.07 Å². The van der Waals surface area contributed by atoms with Gasteiger partial charge >= 0.3 is 0 Å².